The van der Waals surface area contributed by atoms with Crippen molar-refractivity contribution in [2.45, 2.75) is 6.92 Å². The second-order valence-electron chi connectivity index (χ2n) is 2.85. The topological polar surface area (TPSA) is 42.9 Å². The largest absolute Gasteiger partial charge is 0.289 e. The van der Waals surface area contributed by atoms with Crippen LogP contribution in [0, 0.1) is 6.92 Å². The molecule has 0 bridgehead atoms. The summed E-state index contributed by atoms with van der Waals surface area (Å²) in [7, 11) is 0. The molecule has 0 aliphatic heterocycles. The standard InChI is InChI=1S/C10H8N2OS/c1-7-9(3-5-14-7)10(13)8-2-4-11-12-6-8/h2-6H,1H3. The third kappa shape index (κ3) is 1.56. The molecular formula is C10H8N2OS. The van der Waals surface area contributed by atoms with E-state index in [-0.39, 0.29) is 5.78 Å². The summed E-state index contributed by atoms with van der Waals surface area (Å²) in [6.45, 7) is 1.94. The van der Waals surface area contributed by atoms with Crippen LogP contribution in [0.2, 0.25) is 0 Å². The lowest BCUT2D eigenvalue weighted by Crippen LogP contribution is -2.01. The van der Waals surface area contributed by atoms with E-state index in [4.69, 9.17) is 0 Å². The Kier molecular flexibility index (Phi) is 2.37. The molecule has 0 saturated heterocycles. The van der Waals surface area contributed by atoms with Gasteiger partial charge in [0.2, 0.25) is 0 Å². The molecule has 4 heteroatoms. The molecule has 0 radical (unpaired) electrons. The first-order valence-corrected chi connectivity index (χ1v) is 5.02. The summed E-state index contributed by atoms with van der Waals surface area (Å²) in [4.78, 5) is 12.9. The predicted molar refractivity (Wildman–Crippen MR) is 54.5 cm³/mol. The normalized spacial score (nSPS) is 10.1. The highest BCUT2D eigenvalue weighted by Gasteiger charge is 2.12. The fourth-order valence-electron chi connectivity index (χ4n) is 1.20. The van der Waals surface area contributed by atoms with Crippen molar-refractivity contribution in [2.75, 3.05) is 0 Å². The van der Waals surface area contributed by atoms with Crippen LogP contribution in [0.3, 0.4) is 0 Å². The van der Waals surface area contributed by atoms with E-state index in [2.05, 4.69) is 10.2 Å². The van der Waals surface area contributed by atoms with Crippen molar-refractivity contribution in [3.05, 3.63) is 45.9 Å². The number of ketones is 1. The molecule has 2 aromatic heterocycles. The molecule has 2 heterocycles. The molecule has 2 rings (SSSR count). The van der Waals surface area contributed by atoms with Gasteiger partial charge < -0.3 is 0 Å². The highest BCUT2D eigenvalue weighted by molar-refractivity contribution is 7.10. The summed E-state index contributed by atoms with van der Waals surface area (Å²) >= 11 is 1.57. The van der Waals surface area contributed by atoms with Gasteiger partial charge in [-0.2, -0.15) is 10.2 Å². The highest BCUT2D eigenvalue weighted by atomic mass is 32.1. The van der Waals surface area contributed by atoms with Crippen LogP contribution in [0.4, 0.5) is 0 Å². The fourth-order valence-corrected chi connectivity index (χ4v) is 1.90. The van der Waals surface area contributed by atoms with Gasteiger partial charge in [-0.05, 0) is 24.4 Å². The maximum absolute atomic E-state index is 11.9. The zero-order chi connectivity index (χ0) is 9.97. The van der Waals surface area contributed by atoms with Crippen molar-refractivity contribution >= 4 is 17.1 Å². The van der Waals surface area contributed by atoms with Crippen molar-refractivity contribution in [1.29, 1.82) is 0 Å². The Hall–Kier alpha value is -1.55. The summed E-state index contributed by atoms with van der Waals surface area (Å²) < 4.78 is 0. The molecule has 70 valence electrons. The van der Waals surface area contributed by atoms with Crippen LogP contribution in [0.5, 0.6) is 0 Å². The molecule has 3 nitrogen and oxygen atoms in total. The minimum atomic E-state index is 0.0126. The molecule has 14 heavy (non-hydrogen) atoms. The number of aromatic nitrogens is 2. The Bertz CT molecular complexity index is 450. The molecule has 2 aromatic rings. The van der Waals surface area contributed by atoms with Gasteiger partial charge in [-0.25, -0.2) is 0 Å². The van der Waals surface area contributed by atoms with Crippen molar-refractivity contribution in [1.82, 2.24) is 10.2 Å². The Morgan fingerprint density at radius 3 is 2.79 bits per heavy atom. The maximum atomic E-state index is 11.9. The van der Waals surface area contributed by atoms with Crippen LogP contribution < -0.4 is 0 Å². The molecular weight excluding hydrogens is 196 g/mol. The third-order valence-corrected chi connectivity index (χ3v) is 2.80. The van der Waals surface area contributed by atoms with E-state index >= 15 is 0 Å². The van der Waals surface area contributed by atoms with E-state index in [0.717, 1.165) is 10.4 Å². The number of carbonyl (C=O) groups is 1. The minimum absolute atomic E-state index is 0.0126. The smallest absolute Gasteiger partial charge is 0.195 e. The fraction of sp³-hybridized carbons (Fsp3) is 0.100. The number of carbonyl (C=O) groups excluding carboxylic acids is 1. The first-order valence-electron chi connectivity index (χ1n) is 4.14. The first-order chi connectivity index (χ1) is 6.79. The summed E-state index contributed by atoms with van der Waals surface area (Å²) in [6, 6.07) is 3.51. The quantitative estimate of drug-likeness (QED) is 0.703. The monoisotopic (exact) mass is 204 g/mol. The molecule has 0 saturated carbocycles. The van der Waals surface area contributed by atoms with Crippen LogP contribution in [-0.2, 0) is 0 Å². The molecule has 0 atom stereocenters. The van der Waals surface area contributed by atoms with E-state index in [0.29, 0.717) is 5.56 Å². The maximum Gasteiger partial charge on any atom is 0.195 e. The number of nitrogens with zero attached hydrogens (tertiary/aromatic N) is 2. The third-order valence-electron chi connectivity index (χ3n) is 1.95. The highest BCUT2D eigenvalue weighted by Crippen LogP contribution is 2.18. The SMILES string of the molecule is Cc1sccc1C(=O)c1ccnnc1. The lowest BCUT2D eigenvalue weighted by Gasteiger charge is -1.97. The van der Waals surface area contributed by atoms with Gasteiger partial charge in [0.25, 0.3) is 0 Å². The van der Waals surface area contributed by atoms with Gasteiger partial charge in [-0.1, -0.05) is 0 Å². The van der Waals surface area contributed by atoms with Crippen molar-refractivity contribution in [3.63, 3.8) is 0 Å². The molecule has 0 aliphatic rings. The summed E-state index contributed by atoms with van der Waals surface area (Å²) in [5.74, 6) is 0.0126. The van der Waals surface area contributed by atoms with Gasteiger partial charge in [0.15, 0.2) is 5.78 Å². The molecule has 0 aromatic carbocycles. The summed E-state index contributed by atoms with van der Waals surface area (Å²) in [6.07, 6.45) is 3.01. The molecule has 0 spiro atoms. The molecule has 0 aliphatic carbocycles. The van der Waals surface area contributed by atoms with E-state index in [1.165, 1.54) is 12.4 Å². The second kappa shape index (κ2) is 3.67. The number of rotatable bonds is 2. The number of aryl methyl sites for hydroxylation is 1. The summed E-state index contributed by atoms with van der Waals surface area (Å²) in [5.41, 5.74) is 1.34. The number of hydrogen-bond donors (Lipinski definition) is 0. The van der Waals surface area contributed by atoms with E-state index < -0.39 is 0 Å². The van der Waals surface area contributed by atoms with Crippen molar-refractivity contribution in [3.8, 4) is 0 Å². The Labute approximate surface area is 85.4 Å². The Morgan fingerprint density at radius 2 is 2.21 bits per heavy atom. The van der Waals surface area contributed by atoms with Crippen LogP contribution >= 0.6 is 11.3 Å². The lowest BCUT2D eigenvalue weighted by molar-refractivity contribution is 0.103. The number of thiophene rings is 1. The first kappa shape index (κ1) is 9.02. The van der Waals surface area contributed by atoms with Gasteiger partial charge in [0.05, 0.1) is 12.4 Å². The van der Waals surface area contributed by atoms with Crippen molar-refractivity contribution in [2.24, 2.45) is 0 Å². The molecule has 0 unspecified atom stereocenters. The van der Waals surface area contributed by atoms with Crippen LogP contribution in [0.1, 0.15) is 20.8 Å². The van der Waals surface area contributed by atoms with Crippen molar-refractivity contribution < 1.29 is 4.79 Å². The van der Waals surface area contributed by atoms with Gasteiger partial charge in [-0.3, -0.25) is 4.79 Å². The molecule has 0 fully saturated rings. The Balaban J connectivity index is 2.39. The second-order valence-corrected chi connectivity index (χ2v) is 3.97. The van der Waals surface area contributed by atoms with Crippen LogP contribution in [0.15, 0.2) is 29.9 Å². The summed E-state index contributed by atoms with van der Waals surface area (Å²) in [5, 5.41) is 9.22. The molecule has 0 N–H and O–H groups in total. The Morgan fingerprint density at radius 1 is 1.36 bits per heavy atom. The lowest BCUT2D eigenvalue weighted by atomic mass is 10.1. The predicted octanol–water partition coefficient (Wildman–Crippen LogP) is 2.08. The zero-order valence-corrected chi connectivity index (χ0v) is 8.41. The molecule has 0 amide bonds. The van der Waals surface area contributed by atoms with Crippen LogP contribution in [0.25, 0.3) is 0 Å². The average Bonchev–Trinajstić information content (AvgIpc) is 2.65. The average molecular weight is 204 g/mol. The van der Waals surface area contributed by atoms with Crippen LogP contribution in [-0.4, -0.2) is 16.0 Å². The minimum Gasteiger partial charge on any atom is -0.289 e. The van der Waals surface area contributed by atoms with E-state index in [1.807, 2.05) is 18.4 Å². The van der Waals surface area contributed by atoms with Gasteiger partial charge in [0.1, 0.15) is 0 Å². The van der Waals surface area contributed by atoms with Gasteiger partial charge in [0, 0.05) is 16.0 Å². The van der Waals surface area contributed by atoms with E-state index in [9.17, 15) is 4.79 Å². The number of hydrogen-bond acceptors (Lipinski definition) is 4. The van der Waals surface area contributed by atoms with E-state index in [1.54, 1.807) is 17.4 Å². The zero-order valence-electron chi connectivity index (χ0n) is 7.60. The van der Waals surface area contributed by atoms with Gasteiger partial charge in [-0.15, -0.1) is 11.3 Å². The van der Waals surface area contributed by atoms with Gasteiger partial charge >= 0.3 is 0 Å².